The zero-order valence-electron chi connectivity index (χ0n) is 13.8. The van der Waals surface area contributed by atoms with E-state index in [1.165, 1.54) is 0 Å². The van der Waals surface area contributed by atoms with Crippen LogP contribution in [0.5, 0.6) is 0 Å². The molecule has 2 aromatic heterocycles. The van der Waals surface area contributed by atoms with Crippen LogP contribution in [0.4, 0.5) is 0 Å². The SMILES string of the molecule is Cn1cc(C2=C(c3noc4ccccc34)C(=O)NC2=O)c2ccccc21. The average molecular weight is 343 g/mol. The summed E-state index contributed by atoms with van der Waals surface area (Å²) in [6.07, 6.45) is 1.86. The molecule has 4 aromatic rings. The standard InChI is InChI=1S/C20H13N3O3/c1-23-10-13(11-6-2-4-8-14(11)23)16-17(20(25)21-19(16)24)18-12-7-3-5-9-15(12)26-22-18/h2-10H,1H3,(H,21,24,25). The largest absolute Gasteiger partial charge is 0.356 e. The van der Waals surface area contributed by atoms with E-state index in [2.05, 4.69) is 10.5 Å². The van der Waals surface area contributed by atoms with Crippen LogP contribution >= 0.6 is 0 Å². The zero-order chi connectivity index (χ0) is 17.8. The van der Waals surface area contributed by atoms with Gasteiger partial charge in [-0.3, -0.25) is 14.9 Å². The summed E-state index contributed by atoms with van der Waals surface area (Å²) in [5.41, 5.74) is 3.20. The Bertz CT molecular complexity index is 1260. The van der Waals surface area contributed by atoms with Gasteiger partial charge in [-0.15, -0.1) is 0 Å². The summed E-state index contributed by atoms with van der Waals surface area (Å²) in [6.45, 7) is 0. The van der Waals surface area contributed by atoms with Crippen LogP contribution in [0, 0.1) is 0 Å². The summed E-state index contributed by atoms with van der Waals surface area (Å²) < 4.78 is 7.28. The number of hydrogen-bond donors (Lipinski definition) is 1. The first kappa shape index (κ1) is 14.7. The van der Waals surface area contributed by atoms with Crippen LogP contribution in [0.15, 0.2) is 59.3 Å². The van der Waals surface area contributed by atoms with Crippen molar-refractivity contribution in [3.63, 3.8) is 0 Å². The molecule has 126 valence electrons. The number of amides is 2. The normalized spacial score (nSPS) is 14.7. The molecule has 0 aliphatic carbocycles. The number of rotatable bonds is 2. The lowest BCUT2D eigenvalue weighted by atomic mass is 9.97. The molecule has 2 aromatic carbocycles. The molecule has 0 saturated carbocycles. The van der Waals surface area contributed by atoms with Gasteiger partial charge in [-0.2, -0.15) is 0 Å². The number of aromatic nitrogens is 2. The van der Waals surface area contributed by atoms with Crippen LogP contribution in [0.2, 0.25) is 0 Å². The molecule has 1 N–H and O–H groups in total. The fourth-order valence-corrected chi connectivity index (χ4v) is 3.55. The first-order valence-electron chi connectivity index (χ1n) is 8.14. The second-order valence-corrected chi connectivity index (χ2v) is 6.23. The van der Waals surface area contributed by atoms with Gasteiger partial charge in [-0.05, 0) is 18.2 Å². The Morgan fingerprint density at radius 1 is 0.923 bits per heavy atom. The van der Waals surface area contributed by atoms with E-state index in [4.69, 9.17) is 4.52 Å². The van der Waals surface area contributed by atoms with E-state index in [-0.39, 0.29) is 5.57 Å². The Labute approximate surface area is 147 Å². The van der Waals surface area contributed by atoms with E-state index in [0.29, 0.717) is 27.8 Å². The van der Waals surface area contributed by atoms with Crippen molar-refractivity contribution in [3.8, 4) is 0 Å². The minimum atomic E-state index is -0.461. The first-order chi connectivity index (χ1) is 12.6. The highest BCUT2D eigenvalue weighted by molar-refractivity contribution is 6.50. The Morgan fingerprint density at radius 2 is 1.62 bits per heavy atom. The summed E-state index contributed by atoms with van der Waals surface area (Å²) in [7, 11) is 1.91. The second kappa shape index (κ2) is 5.16. The van der Waals surface area contributed by atoms with E-state index < -0.39 is 11.8 Å². The molecule has 0 saturated heterocycles. The summed E-state index contributed by atoms with van der Waals surface area (Å²) in [5, 5.41) is 8.07. The fraction of sp³-hybridized carbons (Fsp3) is 0.0500. The van der Waals surface area contributed by atoms with E-state index in [1.807, 2.05) is 60.3 Å². The summed E-state index contributed by atoms with van der Waals surface area (Å²) in [6, 6.07) is 15.0. The highest BCUT2D eigenvalue weighted by Gasteiger charge is 2.36. The van der Waals surface area contributed by atoms with Crippen LogP contribution in [0.1, 0.15) is 11.3 Å². The molecular weight excluding hydrogens is 330 g/mol. The van der Waals surface area contributed by atoms with Crippen molar-refractivity contribution in [1.82, 2.24) is 15.0 Å². The Hall–Kier alpha value is -3.67. The molecule has 0 atom stereocenters. The number of nitrogens with zero attached hydrogens (tertiary/aromatic N) is 2. The van der Waals surface area contributed by atoms with E-state index in [1.54, 1.807) is 6.07 Å². The maximum atomic E-state index is 12.6. The molecule has 6 nitrogen and oxygen atoms in total. The third-order valence-electron chi connectivity index (χ3n) is 4.71. The first-order valence-corrected chi connectivity index (χ1v) is 8.14. The number of fused-ring (bicyclic) bond motifs is 2. The molecule has 6 heteroatoms. The predicted octanol–water partition coefficient (Wildman–Crippen LogP) is 2.89. The molecule has 5 rings (SSSR count). The van der Waals surface area contributed by atoms with Gasteiger partial charge in [-0.1, -0.05) is 35.5 Å². The van der Waals surface area contributed by atoms with Crippen molar-refractivity contribution in [3.05, 3.63) is 66.0 Å². The van der Waals surface area contributed by atoms with Crippen molar-refractivity contribution < 1.29 is 14.1 Å². The average Bonchev–Trinajstić information content (AvgIpc) is 3.29. The highest BCUT2D eigenvalue weighted by Crippen LogP contribution is 2.37. The van der Waals surface area contributed by atoms with E-state index in [9.17, 15) is 9.59 Å². The highest BCUT2D eigenvalue weighted by atomic mass is 16.5. The number of aryl methyl sites for hydroxylation is 1. The molecule has 0 unspecified atom stereocenters. The Balaban J connectivity index is 1.87. The third-order valence-corrected chi connectivity index (χ3v) is 4.71. The molecule has 26 heavy (non-hydrogen) atoms. The molecule has 0 spiro atoms. The van der Waals surface area contributed by atoms with Crippen LogP contribution in [-0.2, 0) is 16.6 Å². The smallest absolute Gasteiger partial charge is 0.261 e. The lowest BCUT2D eigenvalue weighted by Gasteiger charge is -2.01. The molecule has 0 radical (unpaired) electrons. The summed E-state index contributed by atoms with van der Waals surface area (Å²) in [4.78, 5) is 25.2. The number of carbonyl (C=O) groups is 2. The number of hydrogen-bond acceptors (Lipinski definition) is 4. The number of para-hydroxylation sites is 2. The number of nitrogens with one attached hydrogen (secondary N) is 1. The van der Waals surface area contributed by atoms with Gasteiger partial charge in [0.25, 0.3) is 11.8 Å². The van der Waals surface area contributed by atoms with Gasteiger partial charge >= 0.3 is 0 Å². The summed E-state index contributed by atoms with van der Waals surface area (Å²) >= 11 is 0. The number of imide groups is 1. The Morgan fingerprint density at radius 3 is 2.46 bits per heavy atom. The zero-order valence-corrected chi connectivity index (χ0v) is 13.8. The van der Waals surface area contributed by atoms with Gasteiger partial charge in [0, 0.05) is 35.1 Å². The van der Waals surface area contributed by atoms with Gasteiger partial charge in [0.05, 0.1) is 11.1 Å². The van der Waals surface area contributed by atoms with E-state index >= 15 is 0 Å². The maximum Gasteiger partial charge on any atom is 0.261 e. The number of carbonyl (C=O) groups excluding carboxylic acids is 2. The van der Waals surface area contributed by atoms with Crippen molar-refractivity contribution in [2.24, 2.45) is 7.05 Å². The fourth-order valence-electron chi connectivity index (χ4n) is 3.55. The van der Waals surface area contributed by atoms with E-state index in [0.717, 1.165) is 10.9 Å². The third kappa shape index (κ3) is 1.89. The lowest BCUT2D eigenvalue weighted by Crippen LogP contribution is -2.22. The van der Waals surface area contributed by atoms with Gasteiger partial charge in [0.15, 0.2) is 5.58 Å². The second-order valence-electron chi connectivity index (χ2n) is 6.23. The predicted molar refractivity (Wildman–Crippen MR) is 96.9 cm³/mol. The lowest BCUT2D eigenvalue weighted by molar-refractivity contribution is -0.122. The Kier molecular flexibility index (Phi) is 2.91. The molecule has 1 aliphatic heterocycles. The monoisotopic (exact) mass is 343 g/mol. The van der Waals surface area contributed by atoms with Crippen molar-refractivity contribution in [2.75, 3.05) is 0 Å². The van der Waals surface area contributed by atoms with Crippen LogP contribution in [-0.4, -0.2) is 21.5 Å². The van der Waals surface area contributed by atoms with Gasteiger partial charge < -0.3 is 9.09 Å². The molecular formula is C20H13N3O3. The minimum Gasteiger partial charge on any atom is -0.356 e. The number of benzene rings is 2. The molecule has 0 fully saturated rings. The molecule has 1 aliphatic rings. The van der Waals surface area contributed by atoms with Crippen LogP contribution in [0.3, 0.4) is 0 Å². The van der Waals surface area contributed by atoms with Crippen molar-refractivity contribution in [2.45, 2.75) is 0 Å². The van der Waals surface area contributed by atoms with Gasteiger partial charge in [0.2, 0.25) is 0 Å². The maximum absolute atomic E-state index is 12.6. The van der Waals surface area contributed by atoms with Crippen molar-refractivity contribution in [1.29, 1.82) is 0 Å². The minimum absolute atomic E-state index is 0.247. The van der Waals surface area contributed by atoms with Crippen LogP contribution < -0.4 is 5.32 Å². The van der Waals surface area contributed by atoms with Crippen LogP contribution in [0.25, 0.3) is 33.0 Å². The van der Waals surface area contributed by atoms with Gasteiger partial charge in [-0.25, -0.2) is 0 Å². The quantitative estimate of drug-likeness (QED) is 0.568. The summed E-state index contributed by atoms with van der Waals surface area (Å²) in [5.74, 6) is -0.884. The molecule has 0 bridgehead atoms. The van der Waals surface area contributed by atoms with Crippen molar-refractivity contribution >= 4 is 44.8 Å². The molecule has 3 heterocycles. The molecule has 2 amide bonds. The van der Waals surface area contributed by atoms with Gasteiger partial charge in [0.1, 0.15) is 5.69 Å². The topological polar surface area (TPSA) is 77.1 Å².